The number of carbonyl (C=O) groups is 1. The van der Waals surface area contributed by atoms with Crippen LogP contribution in [0.15, 0.2) is 18.2 Å². The fourth-order valence-corrected chi connectivity index (χ4v) is 1.26. The number of hydrogen-bond acceptors (Lipinski definition) is 4. The molecule has 0 saturated heterocycles. The summed E-state index contributed by atoms with van der Waals surface area (Å²) in [5.41, 5.74) is 0.171. The Balaban J connectivity index is 3.22. The van der Waals surface area contributed by atoms with Gasteiger partial charge in [-0.25, -0.2) is 4.79 Å². The van der Waals surface area contributed by atoms with Crippen molar-refractivity contribution in [3.05, 3.63) is 23.8 Å². The smallest absolute Gasteiger partial charge is 0.337 e. The minimum absolute atomic E-state index is 0.171. The Labute approximate surface area is 86.9 Å². The van der Waals surface area contributed by atoms with Crippen molar-refractivity contribution in [3.63, 3.8) is 0 Å². The van der Waals surface area contributed by atoms with Crippen LogP contribution >= 0.6 is 0 Å². The van der Waals surface area contributed by atoms with Gasteiger partial charge in [0.05, 0.1) is 14.2 Å². The summed E-state index contributed by atoms with van der Waals surface area (Å²) in [7, 11) is 2.82. The lowest BCUT2D eigenvalue weighted by molar-refractivity contribution is -0.147. The van der Waals surface area contributed by atoms with E-state index in [1.54, 1.807) is 12.1 Å². The van der Waals surface area contributed by atoms with E-state index in [9.17, 15) is 9.90 Å². The lowest BCUT2D eigenvalue weighted by atomic mass is 10.1. The molecule has 0 aliphatic carbocycles. The fourth-order valence-electron chi connectivity index (χ4n) is 1.26. The summed E-state index contributed by atoms with van der Waals surface area (Å²) < 4.78 is 9.97. The number of carboxylic acids is 1. The van der Waals surface area contributed by atoms with Crippen LogP contribution in [-0.2, 0) is 4.79 Å². The van der Waals surface area contributed by atoms with Crippen molar-refractivity contribution in [2.75, 3.05) is 14.2 Å². The summed E-state index contributed by atoms with van der Waals surface area (Å²) in [6.07, 6.45) is -1.62. The second kappa shape index (κ2) is 4.65. The Bertz CT molecular complexity index is 361. The number of benzene rings is 1. The molecule has 15 heavy (non-hydrogen) atoms. The van der Waals surface area contributed by atoms with Crippen LogP contribution in [0.4, 0.5) is 0 Å². The van der Waals surface area contributed by atoms with Crippen LogP contribution < -0.4 is 9.47 Å². The zero-order valence-corrected chi connectivity index (χ0v) is 8.43. The highest BCUT2D eigenvalue weighted by Crippen LogP contribution is 2.34. The third kappa shape index (κ3) is 2.19. The van der Waals surface area contributed by atoms with Gasteiger partial charge in [0.25, 0.3) is 0 Å². The number of aliphatic hydroxyl groups is 1. The Morgan fingerprint density at radius 1 is 1.33 bits per heavy atom. The Kier molecular flexibility index (Phi) is 3.51. The molecule has 5 heteroatoms. The zero-order chi connectivity index (χ0) is 11.4. The molecule has 2 N–H and O–H groups in total. The Morgan fingerprint density at radius 2 is 2.00 bits per heavy atom. The Morgan fingerprint density at radius 3 is 2.47 bits per heavy atom. The monoisotopic (exact) mass is 212 g/mol. The number of ether oxygens (including phenoxy) is 2. The van der Waals surface area contributed by atoms with Crippen LogP contribution in [0.2, 0.25) is 0 Å². The molecule has 0 bridgehead atoms. The quantitative estimate of drug-likeness (QED) is 0.772. The number of carboxylic acid groups (broad SMARTS) is 1. The fraction of sp³-hybridized carbons (Fsp3) is 0.300. The maximum atomic E-state index is 10.6. The van der Waals surface area contributed by atoms with Gasteiger partial charge in [-0.2, -0.15) is 0 Å². The molecule has 0 amide bonds. The summed E-state index contributed by atoms with van der Waals surface area (Å²) in [6.45, 7) is 0. The van der Waals surface area contributed by atoms with E-state index < -0.39 is 12.1 Å². The van der Waals surface area contributed by atoms with Gasteiger partial charge in [-0.3, -0.25) is 0 Å². The van der Waals surface area contributed by atoms with E-state index in [0.29, 0.717) is 5.75 Å². The minimum Gasteiger partial charge on any atom is -0.493 e. The maximum Gasteiger partial charge on any atom is 0.337 e. The molecule has 0 fully saturated rings. The molecular weight excluding hydrogens is 200 g/mol. The van der Waals surface area contributed by atoms with Gasteiger partial charge >= 0.3 is 5.97 Å². The van der Waals surface area contributed by atoms with E-state index in [1.807, 2.05) is 0 Å². The third-order valence-electron chi connectivity index (χ3n) is 1.96. The normalized spacial score (nSPS) is 11.9. The first-order valence-corrected chi connectivity index (χ1v) is 4.23. The molecule has 0 saturated carbocycles. The van der Waals surface area contributed by atoms with Crippen molar-refractivity contribution in [2.45, 2.75) is 6.10 Å². The van der Waals surface area contributed by atoms with Gasteiger partial charge in [-0.05, 0) is 6.07 Å². The van der Waals surface area contributed by atoms with Gasteiger partial charge in [-0.15, -0.1) is 0 Å². The summed E-state index contributed by atoms with van der Waals surface area (Å²) in [5.74, 6) is -0.716. The van der Waals surface area contributed by atoms with Crippen LogP contribution in [0.25, 0.3) is 0 Å². The molecule has 0 radical (unpaired) electrons. The molecule has 0 aliphatic heterocycles. The first-order chi connectivity index (χ1) is 7.11. The van der Waals surface area contributed by atoms with E-state index in [-0.39, 0.29) is 11.3 Å². The van der Waals surface area contributed by atoms with E-state index in [4.69, 9.17) is 14.6 Å². The number of methoxy groups -OCH3 is 2. The number of aliphatic hydroxyl groups excluding tert-OH is 1. The summed E-state index contributed by atoms with van der Waals surface area (Å²) in [6, 6.07) is 4.68. The summed E-state index contributed by atoms with van der Waals surface area (Å²) in [5, 5.41) is 18.1. The molecule has 0 aliphatic rings. The molecule has 1 rings (SSSR count). The van der Waals surface area contributed by atoms with Crippen molar-refractivity contribution in [1.82, 2.24) is 0 Å². The van der Waals surface area contributed by atoms with Crippen molar-refractivity contribution in [2.24, 2.45) is 0 Å². The van der Waals surface area contributed by atoms with Crippen LogP contribution in [0.5, 0.6) is 11.5 Å². The standard InChI is InChI=1S/C10H12O5/c1-14-7-5-3-4-6(9(7)15-2)8(11)10(12)13/h3-5,8,11H,1-2H3,(H,12,13). The summed E-state index contributed by atoms with van der Waals surface area (Å²) >= 11 is 0. The van der Waals surface area contributed by atoms with Gasteiger partial charge in [0.15, 0.2) is 17.6 Å². The lowest BCUT2D eigenvalue weighted by Gasteiger charge is -2.14. The van der Waals surface area contributed by atoms with E-state index in [1.165, 1.54) is 20.3 Å². The number of para-hydroxylation sites is 1. The lowest BCUT2D eigenvalue weighted by Crippen LogP contribution is -2.12. The van der Waals surface area contributed by atoms with Crippen molar-refractivity contribution in [1.29, 1.82) is 0 Å². The predicted molar refractivity (Wildman–Crippen MR) is 52.1 cm³/mol. The molecule has 1 aromatic rings. The number of rotatable bonds is 4. The first-order valence-electron chi connectivity index (χ1n) is 4.23. The van der Waals surface area contributed by atoms with E-state index in [0.717, 1.165) is 0 Å². The third-order valence-corrected chi connectivity index (χ3v) is 1.96. The number of aliphatic carboxylic acids is 1. The molecule has 0 spiro atoms. The largest absolute Gasteiger partial charge is 0.493 e. The molecule has 1 atom stereocenters. The first kappa shape index (κ1) is 11.3. The van der Waals surface area contributed by atoms with Gasteiger partial charge in [0.2, 0.25) is 0 Å². The van der Waals surface area contributed by atoms with Gasteiger partial charge in [-0.1, -0.05) is 12.1 Å². The molecule has 0 heterocycles. The van der Waals surface area contributed by atoms with Crippen molar-refractivity contribution in [3.8, 4) is 11.5 Å². The second-order valence-corrected chi connectivity index (χ2v) is 2.82. The van der Waals surface area contributed by atoms with E-state index >= 15 is 0 Å². The molecule has 82 valence electrons. The minimum atomic E-state index is -1.62. The second-order valence-electron chi connectivity index (χ2n) is 2.82. The van der Waals surface area contributed by atoms with Gasteiger partial charge in [0, 0.05) is 5.56 Å². The zero-order valence-electron chi connectivity index (χ0n) is 8.43. The topological polar surface area (TPSA) is 76.0 Å². The molecule has 1 unspecified atom stereocenters. The van der Waals surface area contributed by atoms with Crippen LogP contribution in [0.1, 0.15) is 11.7 Å². The molecule has 0 aromatic heterocycles. The van der Waals surface area contributed by atoms with Gasteiger partial charge in [0.1, 0.15) is 0 Å². The predicted octanol–water partition coefficient (Wildman–Crippen LogP) is 0.822. The molecular formula is C10H12O5. The summed E-state index contributed by atoms with van der Waals surface area (Å²) in [4.78, 5) is 10.6. The highest BCUT2D eigenvalue weighted by molar-refractivity contribution is 5.75. The van der Waals surface area contributed by atoms with Crippen LogP contribution in [0, 0.1) is 0 Å². The van der Waals surface area contributed by atoms with Crippen molar-refractivity contribution < 1.29 is 24.5 Å². The number of hydrogen-bond donors (Lipinski definition) is 2. The van der Waals surface area contributed by atoms with Gasteiger partial charge < -0.3 is 19.7 Å². The van der Waals surface area contributed by atoms with Crippen LogP contribution in [0.3, 0.4) is 0 Å². The average Bonchev–Trinajstić information content (AvgIpc) is 2.26. The highest BCUT2D eigenvalue weighted by Gasteiger charge is 2.22. The van der Waals surface area contributed by atoms with Crippen LogP contribution in [-0.4, -0.2) is 30.4 Å². The molecule has 1 aromatic carbocycles. The van der Waals surface area contributed by atoms with Crippen molar-refractivity contribution >= 4 is 5.97 Å². The maximum absolute atomic E-state index is 10.6. The highest BCUT2D eigenvalue weighted by atomic mass is 16.5. The average molecular weight is 212 g/mol. The SMILES string of the molecule is COc1cccc(C(O)C(=O)O)c1OC. The van der Waals surface area contributed by atoms with E-state index in [2.05, 4.69) is 0 Å². The Hall–Kier alpha value is -1.75. The molecule has 5 nitrogen and oxygen atoms in total.